The molecule has 9 heteroatoms. The predicted molar refractivity (Wildman–Crippen MR) is 110 cm³/mol. The second-order valence-electron chi connectivity index (χ2n) is 8.59. The van der Waals surface area contributed by atoms with Crippen molar-refractivity contribution in [3.8, 4) is 0 Å². The highest BCUT2D eigenvalue weighted by Gasteiger charge is 2.42. The first-order valence-corrected chi connectivity index (χ1v) is 10.0. The lowest BCUT2D eigenvalue weighted by Crippen LogP contribution is -2.59. The molecular formula is C21H30F2N4O3. The maximum Gasteiger partial charge on any atom is 0.247 e. The number of carbonyl (C=O) groups excluding carboxylic acids is 3. The Morgan fingerprint density at radius 3 is 2.30 bits per heavy atom. The number of nitrogens with zero attached hydrogens (tertiary/aromatic N) is 1. The number of likely N-dealkylation sites (tertiary alicyclic amines) is 1. The summed E-state index contributed by atoms with van der Waals surface area (Å²) in [5.74, 6) is -3.17. The van der Waals surface area contributed by atoms with E-state index in [-0.39, 0.29) is 5.91 Å². The van der Waals surface area contributed by atoms with Crippen LogP contribution in [0.4, 0.5) is 14.5 Å². The zero-order valence-corrected chi connectivity index (χ0v) is 18.0. The molecule has 166 valence electrons. The minimum Gasteiger partial charge on any atom is -0.342 e. The summed E-state index contributed by atoms with van der Waals surface area (Å²) in [4.78, 5) is 39.8. The van der Waals surface area contributed by atoms with Crippen molar-refractivity contribution >= 4 is 23.4 Å². The Morgan fingerprint density at radius 2 is 1.77 bits per heavy atom. The van der Waals surface area contributed by atoms with E-state index >= 15 is 0 Å². The Labute approximate surface area is 175 Å². The van der Waals surface area contributed by atoms with Gasteiger partial charge in [-0.05, 0) is 44.4 Å². The van der Waals surface area contributed by atoms with Crippen LogP contribution in [0.25, 0.3) is 0 Å². The summed E-state index contributed by atoms with van der Waals surface area (Å²) in [5, 5.41) is 7.86. The van der Waals surface area contributed by atoms with Gasteiger partial charge in [0.05, 0.1) is 6.04 Å². The van der Waals surface area contributed by atoms with Crippen LogP contribution in [-0.4, -0.2) is 54.3 Å². The SMILES string of the molecule is CN[C@@H](C)C(=O)N[C@H](C(=O)N1CCCC1C(=O)Nc1c(F)cccc1F)C(C)(C)C. The molecule has 3 N–H and O–H groups in total. The average molecular weight is 424 g/mol. The van der Waals surface area contributed by atoms with E-state index in [0.717, 1.165) is 12.1 Å². The number of amides is 3. The van der Waals surface area contributed by atoms with Gasteiger partial charge in [0.25, 0.3) is 0 Å². The van der Waals surface area contributed by atoms with E-state index < -0.39 is 52.7 Å². The highest BCUT2D eigenvalue weighted by Crippen LogP contribution is 2.27. The number of benzene rings is 1. The van der Waals surface area contributed by atoms with Gasteiger partial charge in [-0.3, -0.25) is 14.4 Å². The largest absolute Gasteiger partial charge is 0.342 e. The van der Waals surface area contributed by atoms with Crippen LogP contribution >= 0.6 is 0 Å². The molecule has 1 unspecified atom stereocenters. The first kappa shape index (κ1) is 23.7. The number of hydrogen-bond donors (Lipinski definition) is 3. The third-order valence-corrected chi connectivity index (χ3v) is 5.28. The lowest BCUT2D eigenvalue weighted by molar-refractivity contribution is -0.143. The van der Waals surface area contributed by atoms with Crippen molar-refractivity contribution in [2.75, 3.05) is 18.9 Å². The van der Waals surface area contributed by atoms with Crippen LogP contribution in [0.3, 0.4) is 0 Å². The van der Waals surface area contributed by atoms with Gasteiger partial charge >= 0.3 is 0 Å². The first-order valence-electron chi connectivity index (χ1n) is 10.0. The summed E-state index contributed by atoms with van der Waals surface area (Å²) >= 11 is 0. The lowest BCUT2D eigenvalue weighted by atomic mass is 9.85. The smallest absolute Gasteiger partial charge is 0.247 e. The van der Waals surface area contributed by atoms with Crippen molar-refractivity contribution in [3.05, 3.63) is 29.8 Å². The number of halogens is 2. The minimum atomic E-state index is -0.889. The molecule has 1 aliphatic rings. The average Bonchev–Trinajstić information content (AvgIpc) is 3.16. The normalized spacial score (nSPS) is 18.6. The zero-order valence-electron chi connectivity index (χ0n) is 18.0. The van der Waals surface area contributed by atoms with Crippen LogP contribution in [0.15, 0.2) is 18.2 Å². The second-order valence-corrected chi connectivity index (χ2v) is 8.59. The van der Waals surface area contributed by atoms with Crippen molar-refractivity contribution in [2.24, 2.45) is 5.41 Å². The quantitative estimate of drug-likeness (QED) is 0.652. The van der Waals surface area contributed by atoms with E-state index in [1.54, 1.807) is 14.0 Å². The first-order chi connectivity index (χ1) is 14.0. The molecule has 1 aliphatic heterocycles. The molecule has 0 aliphatic carbocycles. The molecule has 0 spiro atoms. The molecule has 0 radical (unpaired) electrons. The van der Waals surface area contributed by atoms with E-state index in [1.165, 1.54) is 11.0 Å². The zero-order chi connectivity index (χ0) is 22.6. The summed E-state index contributed by atoms with van der Waals surface area (Å²) in [6.07, 6.45) is 0.937. The fourth-order valence-electron chi connectivity index (χ4n) is 3.34. The van der Waals surface area contributed by atoms with Crippen LogP contribution in [0, 0.1) is 17.0 Å². The third kappa shape index (κ3) is 5.33. The number of likely N-dealkylation sites (N-methyl/N-ethyl adjacent to an activating group) is 1. The van der Waals surface area contributed by atoms with E-state index in [0.29, 0.717) is 19.4 Å². The van der Waals surface area contributed by atoms with Crippen molar-refractivity contribution in [1.82, 2.24) is 15.5 Å². The Hall–Kier alpha value is -2.55. The van der Waals surface area contributed by atoms with Crippen LogP contribution in [0.1, 0.15) is 40.5 Å². The molecular weight excluding hydrogens is 394 g/mol. The molecule has 2 rings (SSSR count). The standard InChI is InChI=1S/C21H30F2N4O3/c1-12(24-5)18(28)26-17(21(2,3)4)20(30)27-11-7-10-15(27)19(29)25-16-13(22)8-6-9-14(16)23/h6,8-9,12,15,17,24H,7,10-11H2,1-5H3,(H,25,29)(H,26,28)/t12-,15?,17+/m0/s1. The maximum absolute atomic E-state index is 13.9. The third-order valence-electron chi connectivity index (χ3n) is 5.28. The molecule has 1 aromatic rings. The summed E-state index contributed by atoms with van der Waals surface area (Å²) in [5.41, 5.74) is -1.15. The topological polar surface area (TPSA) is 90.5 Å². The van der Waals surface area contributed by atoms with Crippen LogP contribution in [0.2, 0.25) is 0 Å². The summed E-state index contributed by atoms with van der Waals surface area (Å²) in [6.45, 7) is 7.45. The number of rotatable bonds is 6. The van der Waals surface area contributed by atoms with E-state index in [9.17, 15) is 23.2 Å². The fourth-order valence-corrected chi connectivity index (χ4v) is 3.34. The van der Waals surface area contributed by atoms with Crippen molar-refractivity contribution in [2.45, 2.75) is 58.7 Å². The van der Waals surface area contributed by atoms with Crippen molar-refractivity contribution in [1.29, 1.82) is 0 Å². The molecule has 3 amide bonds. The number of para-hydroxylation sites is 1. The van der Waals surface area contributed by atoms with Gasteiger partial charge in [-0.25, -0.2) is 8.78 Å². The maximum atomic E-state index is 13.9. The van der Waals surface area contributed by atoms with Crippen molar-refractivity contribution in [3.63, 3.8) is 0 Å². The van der Waals surface area contributed by atoms with Crippen molar-refractivity contribution < 1.29 is 23.2 Å². The molecule has 1 heterocycles. The number of carbonyl (C=O) groups is 3. The summed E-state index contributed by atoms with van der Waals surface area (Å²) < 4.78 is 27.8. The van der Waals surface area contributed by atoms with E-state index in [2.05, 4.69) is 16.0 Å². The molecule has 7 nitrogen and oxygen atoms in total. The van der Waals surface area contributed by atoms with E-state index in [4.69, 9.17) is 0 Å². The highest BCUT2D eigenvalue weighted by atomic mass is 19.1. The number of nitrogens with one attached hydrogen (secondary N) is 3. The van der Waals surface area contributed by atoms with Crippen LogP contribution in [-0.2, 0) is 14.4 Å². The highest BCUT2D eigenvalue weighted by molar-refractivity contribution is 5.99. The molecule has 3 atom stereocenters. The lowest BCUT2D eigenvalue weighted by Gasteiger charge is -2.36. The van der Waals surface area contributed by atoms with E-state index in [1.807, 2.05) is 20.8 Å². The van der Waals surface area contributed by atoms with Gasteiger partial charge in [0.15, 0.2) is 0 Å². The molecule has 30 heavy (non-hydrogen) atoms. The molecule has 0 bridgehead atoms. The molecule has 1 fully saturated rings. The molecule has 0 aromatic heterocycles. The Bertz CT molecular complexity index is 790. The monoisotopic (exact) mass is 424 g/mol. The van der Waals surface area contributed by atoms with Gasteiger partial charge in [0.1, 0.15) is 29.4 Å². The molecule has 0 saturated carbocycles. The number of hydrogen-bond acceptors (Lipinski definition) is 4. The Balaban J connectivity index is 2.21. The predicted octanol–water partition coefficient (Wildman–Crippen LogP) is 2.03. The second kappa shape index (κ2) is 9.51. The molecule has 1 aromatic carbocycles. The van der Waals surface area contributed by atoms with Gasteiger partial charge < -0.3 is 20.9 Å². The van der Waals surface area contributed by atoms with Gasteiger partial charge in [0.2, 0.25) is 17.7 Å². The Kier molecular flexibility index (Phi) is 7.52. The van der Waals surface area contributed by atoms with Crippen LogP contribution < -0.4 is 16.0 Å². The molecule has 1 saturated heterocycles. The Morgan fingerprint density at radius 1 is 1.17 bits per heavy atom. The fraction of sp³-hybridized carbons (Fsp3) is 0.571. The minimum absolute atomic E-state index is 0.320. The number of anilines is 1. The van der Waals surface area contributed by atoms with Gasteiger partial charge in [-0.15, -0.1) is 0 Å². The summed E-state index contributed by atoms with van der Waals surface area (Å²) in [6, 6.07) is 1.06. The van der Waals surface area contributed by atoms with Gasteiger partial charge in [-0.1, -0.05) is 26.8 Å². The van der Waals surface area contributed by atoms with Gasteiger partial charge in [-0.2, -0.15) is 0 Å². The van der Waals surface area contributed by atoms with Crippen LogP contribution in [0.5, 0.6) is 0 Å². The van der Waals surface area contributed by atoms with Gasteiger partial charge in [0, 0.05) is 6.54 Å². The summed E-state index contributed by atoms with van der Waals surface area (Å²) in [7, 11) is 1.64.